The highest BCUT2D eigenvalue weighted by Gasteiger charge is 2.34. The Hall–Kier alpha value is -1.63. The van der Waals surface area contributed by atoms with Crippen LogP contribution in [0.15, 0.2) is 10.5 Å². The van der Waals surface area contributed by atoms with Crippen LogP contribution >= 0.6 is 15.9 Å². The Balaban J connectivity index is 2.77. The first-order valence-electron chi connectivity index (χ1n) is 5.52. The number of hydrogen-bond donors (Lipinski definition) is 1. The van der Waals surface area contributed by atoms with Crippen LogP contribution in [0.1, 0.15) is 24.2 Å². The normalized spacial score (nSPS) is 17.7. The summed E-state index contributed by atoms with van der Waals surface area (Å²) in [6, 6.07) is 0.559. The number of anilines is 1. The van der Waals surface area contributed by atoms with Crippen LogP contribution in [0.4, 0.5) is 10.1 Å². The van der Waals surface area contributed by atoms with Crippen molar-refractivity contribution in [1.29, 1.82) is 0 Å². The Morgan fingerprint density at radius 3 is 2.74 bits per heavy atom. The van der Waals surface area contributed by atoms with Crippen LogP contribution in [0.5, 0.6) is 5.75 Å². The number of carboxylic acids is 1. The summed E-state index contributed by atoms with van der Waals surface area (Å²) < 4.78 is 19.1. The molecule has 7 heteroatoms. The zero-order chi connectivity index (χ0) is 14.3. The van der Waals surface area contributed by atoms with Crippen molar-refractivity contribution >= 4 is 33.5 Å². The van der Waals surface area contributed by atoms with Crippen molar-refractivity contribution in [2.75, 3.05) is 11.5 Å². The number of carbonyl (C=O) groups is 2. The van der Waals surface area contributed by atoms with E-state index in [9.17, 15) is 14.0 Å². The van der Waals surface area contributed by atoms with Gasteiger partial charge in [-0.25, -0.2) is 9.18 Å². The summed E-state index contributed by atoms with van der Waals surface area (Å²) in [5.41, 5.74) is -0.204. The summed E-state index contributed by atoms with van der Waals surface area (Å²) in [6.45, 7) is 3.23. The van der Waals surface area contributed by atoms with Crippen LogP contribution in [0.2, 0.25) is 0 Å². The monoisotopic (exact) mass is 331 g/mol. The summed E-state index contributed by atoms with van der Waals surface area (Å²) in [5.74, 6) is -2.33. The van der Waals surface area contributed by atoms with Gasteiger partial charge >= 0.3 is 5.97 Å². The van der Waals surface area contributed by atoms with Gasteiger partial charge in [0.2, 0.25) is 5.91 Å². The Labute approximate surface area is 117 Å². The second-order valence-corrected chi connectivity index (χ2v) is 5.04. The van der Waals surface area contributed by atoms with Crippen molar-refractivity contribution in [3.63, 3.8) is 0 Å². The summed E-state index contributed by atoms with van der Waals surface area (Å²) in [6.07, 6.45) is 0. The van der Waals surface area contributed by atoms with Gasteiger partial charge in [0.1, 0.15) is 18.1 Å². The number of carbonyl (C=O) groups excluding carboxylic acids is 1. The van der Waals surface area contributed by atoms with Gasteiger partial charge < -0.3 is 14.7 Å². The van der Waals surface area contributed by atoms with Gasteiger partial charge in [-0.1, -0.05) is 0 Å². The van der Waals surface area contributed by atoms with Crippen molar-refractivity contribution < 1.29 is 23.8 Å². The van der Waals surface area contributed by atoms with Gasteiger partial charge in [0.15, 0.2) is 5.75 Å². The molecule has 1 amide bonds. The number of nitrogens with zero attached hydrogens (tertiary/aromatic N) is 1. The molecule has 1 aromatic carbocycles. The topological polar surface area (TPSA) is 66.8 Å². The molecule has 5 nitrogen and oxygen atoms in total. The van der Waals surface area contributed by atoms with Crippen molar-refractivity contribution in [3.8, 4) is 5.75 Å². The molecule has 0 aromatic heterocycles. The van der Waals surface area contributed by atoms with Gasteiger partial charge in [-0.05, 0) is 28.9 Å². The Bertz CT molecular complexity index is 575. The summed E-state index contributed by atoms with van der Waals surface area (Å²) in [5, 5.41) is 9.17. The van der Waals surface area contributed by atoms with E-state index in [-0.39, 0.29) is 40.0 Å². The quantitative estimate of drug-likeness (QED) is 0.858. The van der Waals surface area contributed by atoms with E-state index in [1.165, 1.54) is 11.8 Å². The molecular weight excluding hydrogens is 321 g/mol. The third kappa shape index (κ3) is 2.18. The molecule has 1 aliphatic heterocycles. The third-order valence-electron chi connectivity index (χ3n) is 2.87. The maximum Gasteiger partial charge on any atom is 0.338 e. The first-order chi connectivity index (χ1) is 8.84. The Morgan fingerprint density at radius 2 is 2.21 bits per heavy atom. The van der Waals surface area contributed by atoms with Gasteiger partial charge in [-0.3, -0.25) is 4.79 Å². The van der Waals surface area contributed by atoms with Crippen LogP contribution in [-0.2, 0) is 4.79 Å². The predicted octanol–water partition coefficient (Wildman–Crippen LogP) is 2.42. The van der Waals surface area contributed by atoms with Gasteiger partial charge in [0.25, 0.3) is 0 Å². The smallest absolute Gasteiger partial charge is 0.338 e. The highest BCUT2D eigenvalue weighted by Crippen LogP contribution is 2.44. The van der Waals surface area contributed by atoms with Gasteiger partial charge in [-0.15, -0.1) is 0 Å². The minimum absolute atomic E-state index is 0.0191. The number of fused-ring (bicyclic) bond motifs is 1. The Kier molecular flexibility index (Phi) is 3.49. The van der Waals surface area contributed by atoms with E-state index < -0.39 is 11.8 Å². The van der Waals surface area contributed by atoms with Gasteiger partial charge in [-0.2, -0.15) is 0 Å². The van der Waals surface area contributed by atoms with E-state index in [4.69, 9.17) is 9.84 Å². The lowest BCUT2D eigenvalue weighted by atomic mass is 10.1. The van der Waals surface area contributed by atoms with Gasteiger partial charge in [0.05, 0.1) is 16.1 Å². The number of halogens is 2. The van der Waals surface area contributed by atoms with E-state index in [2.05, 4.69) is 15.9 Å². The molecule has 102 valence electrons. The van der Waals surface area contributed by atoms with Crippen LogP contribution < -0.4 is 9.64 Å². The summed E-state index contributed by atoms with van der Waals surface area (Å²) in [4.78, 5) is 24.3. The molecule has 0 fully saturated rings. The van der Waals surface area contributed by atoms with Crippen LogP contribution in [0.3, 0.4) is 0 Å². The molecule has 0 spiro atoms. The molecular formula is C12H11BrFNO4. The zero-order valence-electron chi connectivity index (χ0n) is 10.2. The van der Waals surface area contributed by atoms with E-state index in [1.54, 1.807) is 6.92 Å². The summed E-state index contributed by atoms with van der Waals surface area (Å²) >= 11 is 3.01. The molecule has 0 saturated carbocycles. The second kappa shape index (κ2) is 4.80. The van der Waals surface area contributed by atoms with Crippen molar-refractivity contribution in [1.82, 2.24) is 0 Å². The van der Waals surface area contributed by atoms with Crippen LogP contribution in [-0.4, -0.2) is 29.6 Å². The molecule has 2 rings (SSSR count). The van der Waals surface area contributed by atoms with Gasteiger partial charge in [0, 0.05) is 6.92 Å². The molecule has 1 atom stereocenters. The van der Waals surface area contributed by atoms with E-state index in [0.717, 1.165) is 6.07 Å². The molecule has 0 bridgehead atoms. The first-order valence-corrected chi connectivity index (χ1v) is 6.31. The second-order valence-electron chi connectivity index (χ2n) is 4.25. The zero-order valence-corrected chi connectivity index (χ0v) is 11.8. The molecule has 1 aliphatic rings. The average molecular weight is 332 g/mol. The maximum atomic E-state index is 13.7. The fourth-order valence-corrected chi connectivity index (χ4v) is 2.51. The number of hydrogen-bond acceptors (Lipinski definition) is 3. The molecule has 1 aromatic rings. The highest BCUT2D eigenvalue weighted by atomic mass is 79.9. The molecule has 1 heterocycles. The lowest BCUT2D eigenvalue weighted by molar-refractivity contribution is -0.117. The molecule has 0 radical (unpaired) electrons. The van der Waals surface area contributed by atoms with Crippen molar-refractivity contribution in [2.45, 2.75) is 19.9 Å². The number of ether oxygens (including phenoxy) is 1. The summed E-state index contributed by atoms with van der Waals surface area (Å²) in [7, 11) is 0. The predicted molar refractivity (Wildman–Crippen MR) is 69.2 cm³/mol. The van der Waals surface area contributed by atoms with Crippen LogP contribution in [0.25, 0.3) is 0 Å². The lowest BCUT2D eigenvalue weighted by Crippen LogP contribution is -2.45. The number of benzene rings is 1. The molecule has 19 heavy (non-hydrogen) atoms. The van der Waals surface area contributed by atoms with Crippen molar-refractivity contribution in [2.24, 2.45) is 0 Å². The fraction of sp³-hybridized carbons (Fsp3) is 0.333. The standard InChI is InChI=1S/C12H11BrFNO4/c1-5-4-19-11-9(13)8(14)3-7(12(17)18)10(11)15(5)6(2)16/h3,5H,4H2,1-2H3,(H,17,18)/t5-/m0/s1. The minimum atomic E-state index is -1.31. The molecule has 0 saturated heterocycles. The average Bonchev–Trinajstić information content (AvgIpc) is 2.32. The Morgan fingerprint density at radius 1 is 1.58 bits per heavy atom. The number of carboxylic acid groups (broad SMARTS) is 1. The fourth-order valence-electron chi connectivity index (χ4n) is 2.09. The third-order valence-corrected chi connectivity index (χ3v) is 3.61. The van der Waals surface area contributed by atoms with Crippen LogP contribution in [0, 0.1) is 5.82 Å². The molecule has 0 unspecified atom stereocenters. The van der Waals surface area contributed by atoms with E-state index in [1.807, 2.05) is 0 Å². The highest BCUT2D eigenvalue weighted by molar-refractivity contribution is 9.10. The lowest BCUT2D eigenvalue weighted by Gasteiger charge is -2.35. The minimum Gasteiger partial charge on any atom is -0.488 e. The molecule has 1 N–H and O–H groups in total. The first kappa shape index (κ1) is 13.8. The number of rotatable bonds is 1. The van der Waals surface area contributed by atoms with E-state index >= 15 is 0 Å². The number of amides is 1. The SMILES string of the molecule is CC(=O)N1c2c(C(=O)O)cc(F)c(Br)c2OC[C@@H]1C. The molecule has 0 aliphatic carbocycles. The largest absolute Gasteiger partial charge is 0.488 e. The number of aromatic carboxylic acids is 1. The maximum absolute atomic E-state index is 13.7. The van der Waals surface area contributed by atoms with E-state index in [0.29, 0.717) is 0 Å². The van der Waals surface area contributed by atoms with Crippen molar-refractivity contribution in [3.05, 3.63) is 21.9 Å².